The Hall–Kier alpha value is -3.88. The number of phenols is 4. The lowest BCUT2D eigenvalue weighted by molar-refractivity contribution is 0.0755. The van der Waals surface area contributed by atoms with Crippen LogP contribution < -0.4 is 0 Å². The number of aliphatic hydroxyl groups is 1. The number of fused-ring (bicyclic) bond motifs is 2. The number of aromatic hydroxyl groups is 4. The van der Waals surface area contributed by atoms with Gasteiger partial charge < -0.3 is 25.5 Å². The highest BCUT2D eigenvalue weighted by Gasteiger charge is 2.28. The van der Waals surface area contributed by atoms with Gasteiger partial charge in [0.15, 0.2) is 0 Å². The fourth-order valence-electron chi connectivity index (χ4n) is 4.18. The Labute approximate surface area is 185 Å². The Balaban J connectivity index is 2.07. The lowest BCUT2D eigenvalue weighted by Crippen LogP contribution is -2.18. The molecular formula is C27H24O5. The van der Waals surface area contributed by atoms with Crippen molar-refractivity contribution >= 4 is 21.5 Å². The second-order valence-corrected chi connectivity index (χ2v) is 8.25. The van der Waals surface area contributed by atoms with Gasteiger partial charge >= 0.3 is 0 Å². The quantitative estimate of drug-likeness (QED) is 0.228. The van der Waals surface area contributed by atoms with Crippen LogP contribution in [0, 0.1) is 11.8 Å². The smallest absolute Gasteiger partial charge is 0.139 e. The van der Waals surface area contributed by atoms with Crippen molar-refractivity contribution in [2.45, 2.75) is 32.8 Å². The summed E-state index contributed by atoms with van der Waals surface area (Å²) in [6.45, 7) is 4.84. The van der Waals surface area contributed by atoms with Crippen LogP contribution in [-0.2, 0) is 12.0 Å². The lowest BCUT2D eigenvalue weighted by atomic mass is 9.88. The topological polar surface area (TPSA) is 101 Å². The molecule has 0 aliphatic carbocycles. The summed E-state index contributed by atoms with van der Waals surface area (Å²) in [6.07, 6.45) is 0.418. The van der Waals surface area contributed by atoms with Crippen molar-refractivity contribution in [1.29, 1.82) is 0 Å². The summed E-state index contributed by atoms with van der Waals surface area (Å²) in [5, 5.41) is 56.1. The number of hydrogen-bond donors (Lipinski definition) is 5. The summed E-state index contributed by atoms with van der Waals surface area (Å²) in [4.78, 5) is 0. The highest BCUT2D eigenvalue weighted by molar-refractivity contribution is 5.98. The summed E-state index contributed by atoms with van der Waals surface area (Å²) in [6, 6.07) is 13.7. The van der Waals surface area contributed by atoms with Crippen molar-refractivity contribution in [2.24, 2.45) is 0 Å². The zero-order chi connectivity index (χ0) is 23.2. The molecule has 0 fully saturated rings. The third-order valence-corrected chi connectivity index (χ3v) is 5.70. The van der Waals surface area contributed by atoms with Crippen LogP contribution in [0.15, 0.2) is 48.5 Å². The van der Waals surface area contributed by atoms with Crippen LogP contribution in [-0.4, -0.2) is 25.5 Å². The lowest BCUT2D eigenvalue weighted by Gasteiger charge is -2.23. The molecule has 0 aliphatic heterocycles. The zero-order valence-corrected chi connectivity index (χ0v) is 18.1. The molecule has 0 spiro atoms. The molecule has 32 heavy (non-hydrogen) atoms. The molecule has 0 saturated carbocycles. The fraction of sp³-hybridized carbons (Fsp3) is 0.185. The maximum atomic E-state index is 11.0. The Kier molecular flexibility index (Phi) is 5.12. The van der Waals surface area contributed by atoms with E-state index in [4.69, 9.17) is 0 Å². The molecule has 0 heterocycles. The van der Waals surface area contributed by atoms with Gasteiger partial charge in [0.25, 0.3) is 0 Å². The van der Waals surface area contributed by atoms with E-state index in [-0.39, 0.29) is 39.7 Å². The molecule has 4 rings (SSSR count). The van der Waals surface area contributed by atoms with E-state index in [1.165, 1.54) is 13.8 Å². The van der Waals surface area contributed by atoms with E-state index in [0.717, 1.165) is 0 Å². The normalized spacial score (nSPS) is 11.5. The molecule has 4 aromatic rings. The minimum absolute atomic E-state index is 0.0403. The van der Waals surface area contributed by atoms with Crippen LogP contribution in [0.3, 0.4) is 0 Å². The van der Waals surface area contributed by atoms with Crippen molar-refractivity contribution in [1.82, 2.24) is 0 Å². The molecule has 0 aromatic heterocycles. The van der Waals surface area contributed by atoms with Gasteiger partial charge in [-0.2, -0.15) is 0 Å². The Bertz CT molecular complexity index is 1430. The molecule has 0 saturated heterocycles. The molecule has 0 aliphatic rings. The summed E-state index contributed by atoms with van der Waals surface area (Å²) in [5.74, 6) is 5.36. The van der Waals surface area contributed by atoms with Crippen molar-refractivity contribution in [3.8, 4) is 34.8 Å². The molecule has 0 bridgehead atoms. The highest BCUT2D eigenvalue weighted by Crippen LogP contribution is 2.44. The van der Waals surface area contributed by atoms with E-state index in [9.17, 15) is 25.5 Å². The average Bonchev–Trinajstić information content (AvgIpc) is 2.77. The van der Waals surface area contributed by atoms with Gasteiger partial charge in [0, 0.05) is 32.7 Å². The van der Waals surface area contributed by atoms with Crippen molar-refractivity contribution in [2.75, 3.05) is 0 Å². The number of hydrogen-bond acceptors (Lipinski definition) is 5. The second kappa shape index (κ2) is 7.67. The van der Waals surface area contributed by atoms with Gasteiger partial charge in [0.05, 0.1) is 16.7 Å². The van der Waals surface area contributed by atoms with E-state index in [0.29, 0.717) is 33.5 Å². The molecular weight excluding hydrogens is 404 g/mol. The minimum Gasteiger partial charge on any atom is -0.507 e. The molecule has 4 aromatic carbocycles. The van der Waals surface area contributed by atoms with Crippen LogP contribution in [0.5, 0.6) is 23.0 Å². The molecule has 0 unspecified atom stereocenters. The van der Waals surface area contributed by atoms with E-state index >= 15 is 0 Å². The van der Waals surface area contributed by atoms with Gasteiger partial charge in [-0.1, -0.05) is 67.3 Å². The SMILES string of the molecule is CCc1c(C#Cc2c(C(C)(C)O)c(O)c3ccccc3c2O)c(O)c2ccccc2c1O. The van der Waals surface area contributed by atoms with Gasteiger partial charge in [-0.25, -0.2) is 0 Å². The van der Waals surface area contributed by atoms with E-state index < -0.39 is 5.60 Å². The second-order valence-electron chi connectivity index (χ2n) is 8.25. The first kappa shape index (κ1) is 21.4. The van der Waals surface area contributed by atoms with Gasteiger partial charge in [-0.05, 0) is 20.3 Å². The number of rotatable bonds is 2. The summed E-state index contributed by atoms with van der Waals surface area (Å²) < 4.78 is 0. The molecule has 0 atom stereocenters. The van der Waals surface area contributed by atoms with E-state index in [1.807, 2.05) is 6.92 Å². The van der Waals surface area contributed by atoms with Gasteiger partial charge in [0.2, 0.25) is 0 Å². The maximum absolute atomic E-state index is 11.0. The predicted octanol–water partition coefficient (Wildman–Crippen LogP) is 5.01. The number of benzene rings is 4. The molecule has 162 valence electrons. The van der Waals surface area contributed by atoms with Crippen LogP contribution in [0.25, 0.3) is 21.5 Å². The van der Waals surface area contributed by atoms with Crippen molar-refractivity contribution in [3.63, 3.8) is 0 Å². The summed E-state index contributed by atoms with van der Waals surface area (Å²) >= 11 is 0. The molecule has 5 heteroatoms. The van der Waals surface area contributed by atoms with Gasteiger partial charge in [0.1, 0.15) is 23.0 Å². The predicted molar refractivity (Wildman–Crippen MR) is 125 cm³/mol. The average molecular weight is 428 g/mol. The zero-order valence-electron chi connectivity index (χ0n) is 18.1. The first-order valence-electron chi connectivity index (χ1n) is 10.3. The third-order valence-electron chi connectivity index (χ3n) is 5.70. The Morgan fingerprint density at radius 2 is 1.06 bits per heavy atom. The van der Waals surface area contributed by atoms with Crippen LogP contribution in [0.2, 0.25) is 0 Å². The third kappa shape index (κ3) is 3.26. The molecule has 5 N–H and O–H groups in total. The van der Waals surface area contributed by atoms with E-state index in [1.54, 1.807) is 48.5 Å². The van der Waals surface area contributed by atoms with Crippen molar-refractivity contribution in [3.05, 3.63) is 70.8 Å². The minimum atomic E-state index is -1.50. The molecule has 5 nitrogen and oxygen atoms in total. The van der Waals surface area contributed by atoms with Crippen LogP contribution in [0.1, 0.15) is 43.0 Å². The Morgan fingerprint density at radius 3 is 1.53 bits per heavy atom. The summed E-state index contributed by atoms with van der Waals surface area (Å²) in [5.41, 5.74) is -0.650. The Morgan fingerprint density at radius 1 is 0.656 bits per heavy atom. The summed E-state index contributed by atoms with van der Waals surface area (Å²) in [7, 11) is 0. The van der Waals surface area contributed by atoms with Gasteiger partial charge in [-0.3, -0.25) is 0 Å². The standard InChI is InChI=1S/C27H24O5/c1-4-15-20(24(29)17-10-6-5-9-16(17)23(15)28)13-14-21-22(27(2,3)32)26(31)19-12-8-7-11-18(19)25(21)30/h5-12,28-32H,4H2,1-3H3. The van der Waals surface area contributed by atoms with Crippen LogP contribution >= 0.6 is 0 Å². The first-order chi connectivity index (χ1) is 15.2. The number of phenolic OH excluding ortho intramolecular Hbond substituents is 4. The maximum Gasteiger partial charge on any atom is 0.139 e. The van der Waals surface area contributed by atoms with Crippen LogP contribution in [0.4, 0.5) is 0 Å². The van der Waals surface area contributed by atoms with E-state index in [2.05, 4.69) is 11.8 Å². The first-order valence-corrected chi connectivity index (χ1v) is 10.3. The van der Waals surface area contributed by atoms with Gasteiger partial charge in [-0.15, -0.1) is 0 Å². The largest absolute Gasteiger partial charge is 0.507 e. The highest BCUT2D eigenvalue weighted by atomic mass is 16.3. The molecule has 0 amide bonds. The fourth-order valence-corrected chi connectivity index (χ4v) is 4.18. The molecule has 0 radical (unpaired) electrons. The van der Waals surface area contributed by atoms with Crippen molar-refractivity contribution < 1.29 is 25.5 Å². The monoisotopic (exact) mass is 428 g/mol.